The molecule has 104 valence electrons. The molecule has 19 heavy (non-hydrogen) atoms. The van der Waals surface area contributed by atoms with E-state index in [0.717, 1.165) is 12.8 Å². The van der Waals surface area contributed by atoms with Crippen LogP contribution in [0.4, 0.5) is 17.3 Å². The van der Waals surface area contributed by atoms with E-state index in [1.165, 1.54) is 12.7 Å². The largest absolute Gasteiger partial charge is 0.378 e. The molecule has 0 saturated heterocycles. The van der Waals surface area contributed by atoms with Crippen molar-refractivity contribution >= 4 is 17.3 Å². The number of nitrogen functional groups attached to an aromatic ring is 1. The Bertz CT molecular complexity index is 486. The normalized spacial score (nSPS) is 17.0. The fourth-order valence-corrected chi connectivity index (χ4v) is 2.32. The van der Waals surface area contributed by atoms with E-state index in [2.05, 4.69) is 20.2 Å². The van der Waals surface area contributed by atoms with Crippen molar-refractivity contribution in [1.29, 1.82) is 0 Å². The highest BCUT2D eigenvalue weighted by Crippen LogP contribution is 2.37. The zero-order chi connectivity index (χ0) is 14.0. The Kier molecular flexibility index (Phi) is 3.52. The Morgan fingerprint density at radius 2 is 2.21 bits per heavy atom. The first-order chi connectivity index (χ1) is 8.96. The van der Waals surface area contributed by atoms with Crippen LogP contribution in [0.25, 0.3) is 0 Å². The highest BCUT2D eigenvalue weighted by atomic mass is 16.6. The molecule has 0 amide bonds. The van der Waals surface area contributed by atoms with Crippen LogP contribution in [-0.2, 0) is 0 Å². The van der Waals surface area contributed by atoms with Crippen LogP contribution in [0.3, 0.4) is 0 Å². The fourth-order valence-electron chi connectivity index (χ4n) is 2.32. The molecule has 1 aromatic heterocycles. The number of hydrogen-bond donors (Lipinski definition) is 2. The van der Waals surface area contributed by atoms with Crippen molar-refractivity contribution in [2.45, 2.75) is 24.8 Å². The molecule has 8 heteroatoms. The second-order valence-electron chi connectivity index (χ2n) is 5.04. The van der Waals surface area contributed by atoms with Gasteiger partial charge < -0.3 is 16.0 Å². The molecule has 0 atom stereocenters. The molecule has 0 aromatic carbocycles. The number of nitrogens with zero attached hydrogens (tertiary/aromatic N) is 4. The predicted molar refractivity (Wildman–Crippen MR) is 71.9 cm³/mol. The van der Waals surface area contributed by atoms with Gasteiger partial charge in [0.25, 0.3) is 0 Å². The van der Waals surface area contributed by atoms with Gasteiger partial charge in [0.15, 0.2) is 0 Å². The summed E-state index contributed by atoms with van der Waals surface area (Å²) in [6, 6.07) is 0. The maximum Gasteiger partial charge on any atom is 0.352 e. The smallest absolute Gasteiger partial charge is 0.352 e. The summed E-state index contributed by atoms with van der Waals surface area (Å²) >= 11 is 0. The summed E-state index contributed by atoms with van der Waals surface area (Å²) in [5.74, 6) is 0.0700. The summed E-state index contributed by atoms with van der Waals surface area (Å²) in [5, 5.41) is 14.0. The molecule has 1 aromatic rings. The third-order valence-corrected chi connectivity index (χ3v) is 3.85. The molecule has 1 saturated carbocycles. The molecule has 1 heterocycles. The lowest BCUT2D eigenvalue weighted by molar-refractivity contribution is -0.383. The van der Waals surface area contributed by atoms with Crippen LogP contribution < -0.4 is 11.1 Å². The zero-order valence-electron chi connectivity index (χ0n) is 11.1. The molecule has 1 aliphatic rings. The molecule has 1 fully saturated rings. The average Bonchev–Trinajstić information content (AvgIpc) is 2.26. The number of nitro groups is 1. The Morgan fingerprint density at radius 1 is 1.53 bits per heavy atom. The van der Waals surface area contributed by atoms with Gasteiger partial charge in [0.1, 0.15) is 6.33 Å². The van der Waals surface area contributed by atoms with Crippen LogP contribution in [0, 0.1) is 10.1 Å². The van der Waals surface area contributed by atoms with Gasteiger partial charge >= 0.3 is 5.69 Å². The molecule has 0 radical (unpaired) electrons. The Balaban J connectivity index is 2.16. The molecule has 0 aliphatic heterocycles. The third kappa shape index (κ3) is 2.43. The van der Waals surface area contributed by atoms with Gasteiger partial charge in [-0.1, -0.05) is 0 Å². The van der Waals surface area contributed by atoms with E-state index < -0.39 is 4.92 Å². The summed E-state index contributed by atoms with van der Waals surface area (Å²) in [6.07, 6.45) is 4.55. The van der Waals surface area contributed by atoms with Crippen LogP contribution in [0.15, 0.2) is 6.33 Å². The van der Waals surface area contributed by atoms with E-state index in [-0.39, 0.29) is 22.9 Å². The van der Waals surface area contributed by atoms with Gasteiger partial charge in [-0.05, 0) is 33.4 Å². The van der Waals surface area contributed by atoms with E-state index in [4.69, 9.17) is 5.73 Å². The van der Waals surface area contributed by atoms with Crippen molar-refractivity contribution in [3.8, 4) is 0 Å². The minimum Gasteiger partial charge on any atom is -0.378 e. The lowest BCUT2D eigenvalue weighted by atomic mass is 9.75. The van der Waals surface area contributed by atoms with E-state index >= 15 is 0 Å². The number of likely N-dealkylation sites (N-methyl/N-ethyl adjacent to an activating group) is 1. The summed E-state index contributed by atoms with van der Waals surface area (Å²) in [5.41, 5.74) is 5.32. The zero-order valence-corrected chi connectivity index (χ0v) is 11.1. The van der Waals surface area contributed by atoms with Crippen molar-refractivity contribution in [2.24, 2.45) is 0 Å². The quantitative estimate of drug-likeness (QED) is 0.600. The number of nitrogens with two attached hydrogens (primary N) is 1. The number of hydrogen-bond acceptors (Lipinski definition) is 7. The maximum atomic E-state index is 11.0. The lowest BCUT2D eigenvalue weighted by Crippen LogP contribution is -2.54. The molecule has 8 nitrogen and oxygen atoms in total. The van der Waals surface area contributed by atoms with Crippen LogP contribution >= 0.6 is 0 Å². The molecule has 0 unspecified atom stereocenters. The first kappa shape index (κ1) is 13.5. The number of rotatable bonds is 5. The van der Waals surface area contributed by atoms with Crippen molar-refractivity contribution in [3.63, 3.8) is 0 Å². The molecular formula is C11H18N6O2. The van der Waals surface area contributed by atoms with Crippen LogP contribution in [0.2, 0.25) is 0 Å². The van der Waals surface area contributed by atoms with Gasteiger partial charge in [-0.15, -0.1) is 0 Å². The van der Waals surface area contributed by atoms with Crippen molar-refractivity contribution < 1.29 is 4.92 Å². The molecule has 1 aliphatic carbocycles. The number of nitrogens with one attached hydrogen (secondary N) is 1. The van der Waals surface area contributed by atoms with Gasteiger partial charge in [-0.3, -0.25) is 10.1 Å². The summed E-state index contributed by atoms with van der Waals surface area (Å²) in [6.45, 7) is 0.608. The molecule has 0 spiro atoms. The van der Waals surface area contributed by atoms with Crippen LogP contribution in [0.5, 0.6) is 0 Å². The Labute approximate surface area is 111 Å². The van der Waals surface area contributed by atoms with Crippen LogP contribution in [-0.4, -0.2) is 46.0 Å². The average molecular weight is 266 g/mol. The van der Waals surface area contributed by atoms with E-state index in [0.29, 0.717) is 6.54 Å². The van der Waals surface area contributed by atoms with Gasteiger partial charge in [-0.2, -0.15) is 0 Å². The SMILES string of the molecule is CN(C)C1(CNc2ncnc(N)c2[N+](=O)[O-])CCC1. The highest BCUT2D eigenvalue weighted by Gasteiger charge is 2.39. The summed E-state index contributed by atoms with van der Waals surface area (Å²) in [4.78, 5) is 20.1. The van der Waals surface area contributed by atoms with E-state index in [1.54, 1.807) is 0 Å². The number of aromatic nitrogens is 2. The topological polar surface area (TPSA) is 110 Å². The van der Waals surface area contributed by atoms with Gasteiger partial charge in [0, 0.05) is 12.1 Å². The van der Waals surface area contributed by atoms with Crippen molar-refractivity contribution in [2.75, 3.05) is 31.7 Å². The lowest BCUT2D eigenvalue weighted by Gasteiger charge is -2.47. The second-order valence-corrected chi connectivity index (χ2v) is 5.04. The Morgan fingerprint density at radius 3 is 2.68 bits per heavy atom. The molecule has 0 bridgehead atoms. The fraction of sp³-hybridized carbons (Fsp3) is 0.636. The van der Waals surface area contributed by atoms with Gasteiger partial charge in [0.05, 0.1) is 4.92 Å². The van der Waals surface area contributed by atoms with Crippen molar-refractivity contribution in [1.82, 2.24) is 14.9 Å². The first-order valence-corrected chi connectivity index (χ1v) is 6.12. The predicted octanol–water partition coefficient (Wildman–Crippen LogP) is 0.863. The Hall–Kier alpha value is -1.96. The third-order valence-electron chi connectivity index (χ3n) is 3.85. The summed E-state index contributed by atoms with van der Waals surface area (Å²) in [7, 11) is 4.03. The van der Waals surface area contributed by atoms with Crippen LogP contribution in [0.1, 0.15) is 19.3 Å². The second kappa shape index (κ2) is 4.96. The highest BCUT2D eigenvalue weighted by molar-refractivity contribution is 5.67. The standard InChI is InChI=1S/C11H18N6O2/c1-16(2)11(4-3-5-11)6-13-10-8(17(18)19)9(12)14-7-15-10/h7H,3-6H2,1-2H3,(H3,12,13,14,15). The van der Waals surface area contributed by atoms with E-state index in [9.17, 15) is 10.1 Å². The van der Waals surface area contributed by atoms with E-state index in [1.807, 2.05) is 14.1 Å². The minimum atomic E-state index is -0.555. The van der Waals surface area contributed by atoms with Crippen molar-refractivity contribution in [3.05, 3.63) is 16.4 Å². The minimum absolute atomic E-state index is 0.0492. The first-order valence-electron chi connectivity index (χ1n) is 6.12. The monoisotopic (exact) mass is 266 g/mol. The molecule has 3 N–H and O–H groups in total. The van der Waals surface area contributed by atoms with Gasteiger partial charge in [-0.25, -0.2) is 9.97 Å². The summed E-state index contributed by atoms with van der Waals surface area (Å²) < 4.78 is 0. The molecular weight excluding hydrogens is 248 g/mol. The maximum absolute atomic E-state index is 11.0. The number of anilines is 2. The molecule has 2 rings (SSSR count). The van der Waals surface area contributed by atoms with Gasteiger partial charge in [0.2, 0.25) is 11.6 Å².